The molecule has 1 aromatic rings. The van der Waals surface area contributed by atoms with Gasteiger partial charge in [0, 0.05) is 25.4 Å². The standard InChI is InChI=1S/C23H38N2O3/c1-5-16-28-23(4,6-2)22(26)24-20-10-12-21(13-11-20)27-17-8-15-25-14-7-9-19(3)18-25/h10-13,19H,5-9,14-18H2,1-4H3,(H,24,26)/t19-,23+/m1/s1. The summed E-state index contributed by atoms with van der Waals surface area (Å²) >= 11 is 0. The third-order valence-electron chi connectivity index (χ3n) is 5.52. The molecule has 0 aromatic heterocycles. The number of benzene rings is 1. The number of piperidine rings is 1. The van der Waals surface area contributed by atoms with E-state index in [2.05, 4.69) is 17.1 Å². The molecule has 1 heterocycles. The molecule has 0 spiro atoms. The highest BCUT2D eigenvalue weighted by Gasteiger charge is 2.32. The lowest BCUT2D eigenvalue weighted by Crippen LogP contribution is -2.42. The van der Waals surface area contributed by atoms with Crippen molar-refractivity contribution in [3.8, 4) is 5.75 Å². The van der Waals surface area contributed by atoms with Gasteiger partial charge in [-0.05, 0) is 75.8 Å². The molecule has 2 rings (SSSR count). The number of nitrogens with zero attached hydrogens (tertiary/aromatic N) is 1. The van der Waals surface area contributed by atoms with Gasteiger partial charge in [0.05, 0.1) is 6.61 Å². The van der Waals surface area contributed by atoms with Crippen molar-refractivity contribution < 1.29 is 14.3 Å². The molecule has 0 unspecified atom stereocenters. The molecule has 158 valence electrons. The molecule has 1 aliphatic heterocycles. The second-order valence-electron chi connectivity index (χ2n) is 8.16. The summed E-state index contributed by atoms with van der Waals surface area (Å²) in [5, 5.41) is 2.96. The van der Waals surface area contributed by atoms with Gasteiger partial charge in [-0.2, -0.15) is 0 Å². The van der Waals surface area contributed by atoms with E-state index in [1.165, 1.54) is 25.9 Å². The van der Waals surface area contributed by atoms with Crippen LogP contribution in [-0.2, 0) is 9.53 Å². The fourth-order valence-electron chi connectivity index (χ4n) is 3.52. The van der Waals surface area contributed by atoms with Gasteiger partial charge in [0.2, 0.25) is 0 Å². The van der Waals surface area contributed by atoms with Crippen molar-refractivity contribution in [2.75, 3.05) is 38.2 Å². The van der Waals surface area contributed by atoms with E-state index in [1.54, 1.807) is 0 Å². The summed E-state index contributed by atoms with van der Waals surface area (Å²) in [7, 11) is 0. The van der Waals surface area contributed by atoms with E-state index < -0.39 is 5.60 Å². The molecule has 1 aliphatic rings. The van der Waals surface area contributed by atoms with Gasteiger partial charge in [-0.25, -0.2) is 0 Å². The second kappa shape index (κ2) is 11.4. The van der Waals surface area contributed by atoms with Gasteiger partial charge in [0.1, 0.15) is 11.4 Å². The van der Waals surface area contributed by atoms with Crippen molar-refractivity contribution in [2.24, 2.45) is 5.92 Å². The highest BCUT2D eigenvalue weighted by atomic mass is 16.5. The first-order valence-corrected chi connectivity index (χ1v) is 10.9. The van der Waals surface area contributed by atoms with Crippen LogP contribution in [0, 0.1) is 5.92 Å². The molecule has 0 saturated carbocycles. The van der Waals surface area contributed by atoms with E-state index in [9.17, 15) is 4.79 Å². The van der Waals surface area contributed by atoms with E-state index >= 15 is 0 Å². The van der Waals surface area contributed by atoms with Crippen LogP contribution in [0.5, 0.6) is 5.75 Å². The van der Waals surface area contributed by atoms with Gasteiger partial charge in [-0.1, -0.05) is 20.8 Å². The predicted octanol–water partition coefficient (Wildman–Crippen LogP) is 4.72. The maximum absolute atomic E-state index is 12.6. The lowest BCUT2D eigenvalue weighted by molar-refractivity contribution is -0.139. The number of nitrogens with one attached hydrogen (secondary N) is 1. The van der Waals surface area contributed by atoms with E-state index in [0.29, 0.717) is 13.0 Å². The number of amides is 1. The van der Waals surface area contributed by atoms with E-state index in [4.69, 9.17) is 9.47 Å². The third kappa shape index (κ3) is 7.10. The Morgan fingerprint density at radius 2 is 2.00 bits per heavy atom. The van der Waals surface area contributed by atoms with E-state index in [-0.39, 0.29) is 5.91 Å². The number of likely N-dealkylation sites (tertiary alicyclic amines) is 1. The number of hydrogen-bond acceptors (Lipinski definition) is 4. The lowest BCUT2D eigenvalue weighted by atomic mass is 10.0. The highest BCUT2D eigenvalue weighted by molar-refractivity contribution is 5.97. The molecule has 5 heteroatoms. The normalized spacial score (nSPS) is 19.8. The number of ether oxygens (including phenoxy) is 2. The van der Waals surface area contributed by atoms with Crippen molar-refractivity contribution in [1.82, 2.24) is 4.90 Å². The van der Waals surface area contributed by atoms with Crippen LogP contribution < -0.4 is 10.1 Å². The first-order chi connectivity index (χ1) is 13.5. The van der Waals surface area contributed by atoms with Crippen LogP contribution in [-0.4, -0.2) is 49.3 Å². The van der Waals surface area contributed by atoms with Gasteiger partial charge in [-0.15, -0.1) is 0 Å². The SMILES string of the molecule is CCCO[C@@](C)(CC)C(=O)Nc1ccc(OCCCN2CCC[C@@H](C)C2)cc1. The number of carbonyl (C=O) groups is 1. The summed E-state index contributed by atoms with van der Waals surface area (Å²) < 4.78 is 11.6. The van der Waals surface area contributed by atoms with Crippen LogP contribution >= 0.6 is 0 Å². The average molecular weight is 391 g/mol. The number of rotatable bonds is 11. The molecule has 1 fully saturated rings. The Kier molecular flexibility index (Phi) is 9.26. The van der Waals surface area contributed by atoms with Gasteiger partial charge >= 0.3 is 0 Å². The molecule has 1 saturated heterocycles. The van der Waals surface area contributed by atoms with Gasteiger partial charge in [0.25, 0.3) is 5.91 Å². The molecule has 0 aliphatic carbocycles. The van der Waals surface area contributed by atoms with E-state index in [1.807, 2.05) is 45.0 Å². The van der Waals surface area contributed by atoms with Crippen LogP contribution in [0.3, 0.4) is 0 Å². The van der Waals surface area contributed by atoms with Crippen molar-refractivity contribution >= 4 is 11.6 Å². The predicted molar refractivity (Wildman–Crippen MR) is 115 cm³/mol. The first kappa shape index (κ1) is 22.7. The molecular formula is C23H38N2O3. The van der Waals surface area contributed by atoms with Crippen molar-refractivity contribution in [2.45, 2.75) is 65.4 Å². The summed E-state index contributed by atoms with van der Waals surface area (Å²) in [5.41, 5.74) is -0.0312. The molecule has 1 amide bonds. The Labute approximate surface area is 170 Å². The third-order valence-corrected chi connectivity index (χ3v) is 5.52. The van der Waals surface area contributed by atoms with Gasteiger partial charge in [0.15, 0.2) is 0 Å². The molecule has 1 aromatic carbocycles. The summed E-state index contributed by atoms with van der Waals surface area (Å²) in [6.07, 6.45) is 5.24. The topological polar surface area (TPSA) is 50.8 Å². The van der Waals surface area contributed by atoms with Gasteiger partial charge < -0.3 is 19.7 Å². The van der Waals surface area contributed by atoms with Crippen molar-refractivity contribution in [3.63, 3.8) is 0 Å². The fraction of sp³-hybridized carbons (Fsp3) is 0.696. The Morgan fingerprint density at radius 3 is 2.64 bits per heavy atom. The van der Waals surface area contributed by atoms with Crippen molar-refractivity contribution in [1.29, 1.82) is 0 Å². The smallest absolute Gasteiger partial charge is 0.256 e. The maximum Gasteiger partial charge on any atom is 0.256 e. The van der Waals surface area contributed by atoms with Crippen LogP contribution in [0.1, 0.15) is 59.8 Å². The fourth-order valence-corrected chi connectivity index (χ4v) is 3.52. The summed E-state index contributed by atoms with van der Waals surface area (Å²) in [6, 6.07) is 7.59. The second-order valence-corrected chi connectivity index (χ2v) is 8.16. The maximum atomic E-state index is 12.6. The largest absolute Gasteiger partial charge is 0.494 e. The van der Waals surface area contributed by atoms with Crippen LogP contribution in [0.15, 0.2) is 24.3 Å². The summed E-state index contributed by atoms with van der Waals surface area (Å²) in [6.45, 7) is 13.0. The lowest BCUT2D eigenvalue weighted by Gasteiger charge is -2.30. The molecule has 28 heavy (non-hydrogen) atoms. The highest BCUT2D eigenvalue weighted by Crippen LogP contribution is 2.21. The summed E-state index contributed by atoms with van der Waals surface area (Å²) in [4.78, 5) is 15.1. The van der Waals surface area contributed by atoms with Crippen LogP contribution in [0.4, 0.5) is 5.69 Å². The zero-order valence-corrected chi connectivity index (χ0v) is 18.1. The quantitative estimate of drug-likeness (QED) is 0.556. The van der Waals surface area contributed by atoms with Crippen molar-refractivity contribution in [3.05, 3.63) is 24.3 Å². The minimum Gasteiger partial charge on any atom is -0.494 e. The zero-order chi connectivity index (χ0) is 20.4. The molecular weight excluding hydrogens is 352 g/mol. The number of anilines is 1. The van der Waals surface area contributed by atoms with Gasteiger partial charge in [-0.3, -0.25) is 4.79 Å². The Balaban J connectivity index is 1.74. The van der Waals surface area contributed by atoms with Crippen LogP contribution in [0.25, 0.3) is 0 Å². The first-order valence-electron chi connectivity index (χ1n) is 10.9. The monoisotopic (exact) mass is 390 g/mol. The summed E-state index contributed by atoms with van der Waals surface area (Å²) in [5.74, 6) is 1.55. The Morgan fingerprint density at radius 1 is 1.25 bits per heavy atom. The average Bonchev–Trinajstić information content (AvgIpc) is 2.70. The van der Waals surface area contributed by atoms with Crippen LogP contribution in [0.2, 0.25) is 0 Å². The molecule has 1 N–H and O–H groups in total. The molecule has 0 radical (unpaired) electrons. The zero-order valence-electron chi connectivity index (χ0n) is 18.1. The minimum atomic E-state index is -0.795. The van der Waals surface area contributed by atoms with E-state index in [0.717, 1.165) is 43.3 Å². The molecule has 5 nitrogen and oxygen atoms in total. The minimum absolute atomic E-state index is 0.104. The molecule has 0 bridgehead atoms. The molecule has 2 atom stereocenters. The Bertz CT molecular complexity index is 590. The Hall–Kier alpha value is -1.59. The number of carbonyl (C=O) groups excluding carboxylic acids is 1. The number of hydrogen-bond donors (Lipinski definition) is 1.